The fourth-order valence-electron chi connectivity index (χ4n) is 0. The second-order valence-electron chi connectivity index (χ2n) is 0.632. The Kier molecular flexibility index (Phi) is 2.93. The monoisotopic (exact) mass is 58.1 g/mol. The fourth-order valence-corrected chi connectivity index (χ4v) is 0. The van der Waals surface area contributed by atoms with Crippen LogP contribution >= 0.6 is 0 Å². The summed E-state index contributed by atoms with van der Waals surface area (Å²) >= 11 is 0. The summed E-state index contributed by atoms with van der Waals surface area (Å²) < 4.78 is 0. The molecule has 25 valence electrons. The fraction of sp³-hybridized carbons (Fsp3) is 1.00. The molecule has 1 heteroatoms. The van der Waals surface area contributed by atoms with Crippen molar-refractivity contribution >= 4 is 0 Å². The molecule has 0 unspecified atom stereocenters. The molecule has 0 aliphatic rings. The van der Waals surface area contributed by atoms with Crippen LogP contribution in [0.3, 0.4) is 0 Å². The van der Waals surface area contributed by atoms with Crippen molar-refractivity contribution in [1.29, 1.82) is 0 Å². The van der Waals surface area contributed by atoms with E-state index in [-0.39, 0.29) is 0 Å². The molecule has 0 saturated heterocycles. The maximum atomic E-state index is 3.74. The second kappa shape index (κ2) is 2.96. The molecule has 0 bridgehead atoms. The molecule has 1 radical (unpaired) electrons. The summed E-state index contributed by atoms with van der Waals surface area (Å²) in [5.74, 6) is 0. The summed E-state index contributed by atoms with van der Waals surface area (Å²) in [4.78, 5) is 0. The average molecular weight is 58.1 g/mol. The zero-order valence-corrected chi connectivity index (χ0v) is 3.15. The molecular formula is C3H8N. The molecule has 4 heavy (non-hydrogen) atoms. The van der Waals surface area contributed by atoms with Crippen molar-refractivity contribution in [3.63, 3.8) is 0 Å². The smallest absolute Gasteiger partial charge is 0.0101 e. The van der Waals surface area contributed by atoms with Crippen LogP contribution in [0, 0.1) is 0 Å². The van der Waals surface area contributed by atoms with E-state index < -0.39 is 0 Å². The SMILES string of the molecule is CC[N]C. The van der Waals surface area contributed by atoms with Gasteiger partial charge in [0.05, 0.1) is 0 Å². The first kappa shape index (κ1) is 3.96. The predicted octanol–water partition coefficient (Wildman–Crippen LogP) is 0.240. The van der Waals surface area contributed by atoms with Gasteiger partial charge < -0.3 is 0 Å². The lowest BCUT2D eigenvalue weighted by Gasteiger charge is -1.72. The van der Waals surface area contributed by atoms with Gasteiger partial charge in [-0.05, 0) is 0 Å². The van der Waals surface area contributed by atoms with Gasteiger partial charge >= 0.3 is 0 Å². The van der Waals surface area contributed by atoms with E-state index in [0.717, 1.165) is 6.54 Å². The lowest BCUT2D eigenvalue weighted by atomic mass is 10.8. The topological polar surface area (TPSA) is 14.1 Å². The van der Waals surface area contributed by atoms with Crippen LogP contribution in [0.15, 0.2) is 0 Å². The molecule has 0 fully saturated rings. The molecule has 0 aromatic carbocycles. The van der Waals surface area contributed by atoms with Crippen molar-refractivity contribution in [2.75, 3.05) is 13.6 Å². The summed E-state index contributed by atoms with van der Waals surface area (Å²) in [5, 5.41) is 3.74. The van der Waals surface area contributed by atoms with Crippen molar-refractivity contribution in [3.8, 4) is 0 Å². The van der Waals surface area contributed by atoms with Crippen LogP contribution < -0.4 is 5.32 Å². The molecule has 0 saturated carbocycles. The molecule has 0 aromatic rings. The Morgan fingerprint density at radius 2 is 2.00 bits per heavy atom. The highest BCUT2D eigenvalue weighted by Crippen LogP contribution is 1.40. The lowest BCUT2D eigenvalue weighted by molar-refractivity contribution is 0.845. The highest BCUT2D eigenvalue weighted by atomic mass is 14.8. The van der Waals surface area contributed by atoms with E-state index >= 15 is 0 Å². The quantitative estimate of drug-likeness (QED) is 0.410. The van der Waals surface area contributed by atoms with Crippen molar-refractivity contribution in [3.05, 3.63) is 0 Å². The van der Waals surface area contributed by atoms with Gasteiger partial charge in [0.15, 0.2) is 0 Å². The molecule has 0 heterocycles. The molecule has 0 aliphatic heterocycles. The van der Waals surface area contributed by atoms with E-state index in [1.165, 1.54) is 0 Å². The van der Waals surface area contributed by atoms with Crippen LogP contribution in [-0.2, 0) is 0 Å². The molecule has 0 spiro atoms. The van der Waals surface area contributed by atoms with E-state index in [1.54, 1.807) is 7.05 Å². The number of rotatable bonds is 1. The third kappa shape index (κ3) is 1.96. The minimum absolute atomic E-state index is 0.944. The zero-order valence-electron chi connectivity index (χ0n) is 3.15. The van der Waals surface area contributed by atoms with E-state index in [9.17, 15) is 0 Å². The van der Waals surface area contributed by atoms with Crippen molar-refractivity contribution < 1.29 is 0 Å². The predicted molar refractivity (Wildman–Crippen MR) is 18.6 cm³/mol. The van der Waals surface area contributed by atoms with Crippen LogP contribution in [0.5, 0.6) is 0 Å². The van der Waals surface area contributed by atoms with Gasteiger partial charge in [0.1, 0.15) is 0 Å². The second-order valence-corrected chi connectivity index (χ2v) is 0.632. The summed E-state index contributed by atoms with van der Waals surface area (Å²) in [6, 6.07) is 0. The largest absolute Gasteiger partial charge is 0.245 e. The number of hydrogen-bond donors (Lipinski definition) is 0. The minimum atomic E-state index is 0.944. The summed E-state index contributed by atoms with van der Waals surface area (Å²) in [6.45, 7) is 2.96. The summed E-state index contributed by atoms with van der Waals surface area (Å²) in [6.07, 6.45) is 0. The molecule has 0 aliphatic carbocycles. The molecule has 0 atom stereocenters. The maximum absolute atomic E-state index is 3.74. The van der Waals surface area contributed by atoms with Crippen molar-refractivity contribution in [2.45, 2.75) is 6.92 Å². The average Bonchev–Trinajstić information content (AvgIpc) is 1.37. The Morgan fingerprint density at radius 1 is 1.75 bits per heavy atom. The molecule has 0 rings (SSSR count). The van der Waals surface area contributed by atoms with Gasteiger partial charge in [-0.15, -0.1) is 0 Å². The molecule has 0 N–H and O–H groups in total. The van der Waals surface area contributed by atoms with Crippen LogP contribution in [-0.4, -0.2) is 13.6 Å². The standard InChI is InChI=1S/C3H8N/c1-3-4-2/h3H2,1-2H3. The third-order valence-electron chi connectivity index (χ3n) is 0.316. The van der Waals surface area contributed by atoms with Crippen LogP contribution in [0.25, 0.3) is 0 Å². The maximum Gasteiger partial charge on any atom is 0.0101 e. The first-order valence-electron chi connectivity index (χ1n) is 1.47. The Hall–Kier alpha value is -0.0400. The number of hydrogen-bond acceptors (Lipinski definition) is 0. The van der Waals surface area contributed by atoms with Crippen molar-refractivity contribution in [2.24, 2.45) is 0 Å². The number of nitrogens with zero attached hydrogens (tertiary/aromatic N) is 1. The van der Waals surface area contributed by atoms with Crippen LogP contribution in [0.4, 0.5) is 0 Å². The van der Waals surface area contributed by atoms with Gasteiger partial charge in [-0.1, -0.05) is 6.92 Å². The molecule has 1 nitrogen and oxygen atoms in total. The molecular weight excluding hydrogens is 50.0 g/mol. The summed E-state index contributed by atoms with van der Waals surface area (Å²) in [5.41, 5.74) is 0. The third-order valence-corrected chi connectivity index (χ3v) is 0.316. The normalized spacial score (nSPS) is 7.50. The molecule has 0 amide bonds. The Balaban J connectivity index is 1.97. The highest BCUT2D eigenvalue weighted by molar-refractivity contribution is 4.14. The zero-order chi connectivity index (χ0) is 3.41. The highest BCUT2D eigenvalue weighted by Gasteiger charge is 1.53. The van der Waals surface area contributed by atoms with Crippen molar-refractivity contribution in [1.82, 2.24) is 5.32 Å². The first-order chi connectivity index (χ1) is 1.91. The van der Waals surface area contributed by atoms with Gasteiger partial charge in [0.2, 0.25) is 0 Å². The lowest BCUT2D eigenvalue weighted by Crippen LogP contribution is -1.90. The van der Waals surface area contributed by atoms with Gasteiger partial charge in [-0.3, -0.25) is 0 Å². The Bertz CT molecular complexity index is 5.25. The Morgan fingerprint density at radius 3 is 2.00 bits per heavy atom. The van der Waals surface area contributed by atoms with Gasteiger partial charge in [-0.2, -0.15) is 0 Å². The van der Waals surface area contributed by atoms with E-state index in [2.05, 4.69) is 5.32 Å². The van der Waals surface area contributed by atoms with Crippen LogP contribution in [0.1, 0.15) is 6.92 Å². The first-order valence-corrected chi connectivity index (χ1v) is 1.47. The molecule has 0 aromatic heterocycles. The summed E-state index contributed by atoms with van der Waals surface area (Å²) in [7, 11) is 1.81. The van der Waals surface area contributed by atoms with Gasteiger partial charge in [-0.25, -0.2) is 5.32 Å². The van der Waals surface area contributed by atoms with Gasteiger partial charge in [0.25, 0.3) is 0 Å². The van der Waals surface area contributed by atoms with Crippen LogP contribution in [0.2, 0.25) is 0 Å². The van der Waals surface area contributed by atoms with E-state index in [0.29, 0.717) is 0 Å². The van der Waals surface area contributed by atoms with Gasteiger partial charge in [0, 0.05) is 13.6 Å². The minimum Gasteiger partial charge on any atom is -0.245 e. The Labute approximate surface area is 27.0 Å². The van der Waals surface area contributed by atoms with E-state index in [4.69, 9.17) is 0 Å². The van der Waals surface area contributed by atoms with E-state index in [1.807, 2.05) is 6.92 Å².